The fourth-order valence-electron chi connectivity index (χ4n) is 3.43. The number of nitrogens with one attached hydrogen (secondary N) is 1. The largest absolute Gasteiger partial charge is 0.354 e. The quantitative estimate of drug-likeness (QED) is 0.830. The summed E-state index contributed by atoms with van der Waals surface area (Å²) in [6.07, 6.45) is 5.03. The average molecular weight is 343 g/mol. The lowest BCUT2D eigenvalue weighted by Gasteiger charge is -2.30. The van der Waals surface area contributed by atoms with Gasteiger partial charge in [0.15, 0.2) is 0 Å². The summed E-state index contributed by atoms with van der Waals surface area (Å²) in [4.78, 5) is 12.2. The topological polar surface area (TPSA) is 55.1 Å². The van der Waals surface area contributed by atoms with Crippen LogP contribution in [0.5, 0.6) is 0 Å². The molecule has 1 saturated carbocycles. The van der Waals surface area contributed by atoms with Gasteiger partial charge in [0, 0.05) is 12.0 Å². The van der Waals surface area contributed by atoms with Crippen molar-refractivity contribution >= 4 is 18.3 Å². The molecule has 0 saturated heterocycles. The van der Waals surface area contributed by atoms with Crippen LogP contribution in [0.2, 0.25) is 0 Å². The van der Waals surface area contributed by atoms with E-state index in [1.807, 2.05) is 12.1 Å². The summed E-state index contributed by atoms with van der Waals surface area (Å²) >= 11 is 0. The number of hydrogen-bond donors (Lipinski definition) is 2. The number of rotatable bonds is 6. The number of amides is 1. The zero-order valence-corrected chi connectivity index (χ0v) is 14.8. The van der Waals surface area contributed by atoms with Crippen LogP contribution in [0.15, 0.2) is 24.3 Å². The van der Waals surface area contributed by atoms with Crippen molar-refractivity contribution in [3.8, 4) is 0 Å². The first-order valence-electron chi connectivity index (χ1n) is 8.22. The number of benzene rings is 1. The monoisotopic (exact) mass is 342 g/mol. The maximum absolute atomic E-state index is 13.2. The second kappa shape index (κ2) is 8.65. The predicted octanol–water partition coefficient (Wildman–Crippen LogP) is 3.55. The smallest absolute Gasteiger partial charge is 0.236 e. The summed E-state index contributed by atoms with van der Waals surface area (Å²) in [5, 5.41) is 3.03. The Hall–Kier alpha value is -1.13. The molecular weight excluding hydrogens is 315 g/mol. The van der Waals surface area contributed by atoms with Gasteiger partial charge < -0.3 is 11.1 Å². The van der Waals surface area contributed by atoms with Crippen molar-refractivity contribution in [2.75, 3.05) is 6.54 Å². The molecule has 0 unspecified atom stereocenters. The van der Waals surface area contributed by atoms with Crippen LogP contribution < -0.4 is 11.1 Å². The van der Waals surface area contributed by atoms with Crippen LogP contribution in [0.4, 0.5) is 4.39 Å². The molecule has 0 heterocycles. The van der Waals surface area contributed by atoms with E-state index >= 15 is 0 Å². The Labute approximate surface area is 144 Å². The molecule has 0 bridgehead atoms. The van der Waals surface area contributed by atoms with Crippen LogP contribution in [0.1, 0.15) is 51.5 Å². The second-order valence-corrected chi connectivity index (χ2v) is 6.95. The van der Waals surface area contributed by atoms with Crippen molar-refractivity contribution in [1.82, 2.24) is 5.32 Å². The van der Waals surface area contributed by atoms with Crippen LogP contribution in [0, 0.1) is 11.7 Å². The zero-order chi connectivity index (χ0) is 16.2. The zero-order valence-electron chi connectivity index (χ0n) is 14.0. The van der Waals surface area contributed by atoms with Crippen molar-refractivity contribution in [1.29, 1.82) is 0 Å². The molecule has 1 aliphatic rings. The van der Waals surface area contributed by atoms with E-state index in [0.717, 1.165) is 31.2 Å². The Balaban J connectivity index is 0.00000264. The van der Waals surface area contributed by atoms with Gasteiger partial charge in [-0.2, -0.15) is 0 Å². The summed E-state index contributed by atoms with van der Waals surface area (Å²) < 4.78 is 13.2. The molecular formula is C18H28ClFN2O. The highest BCUT2D eigenvalue weighted by Gasteiger charge is 2.36. The van der Waals surface area contributed by atoms with E-state index in [1.165, 1.54) is 12.1 Å². The van der Waals surface area contributed by atoms with Crippen LogP contribution in [-0.2, 0) is 10.2 Å². The molecule has 3 N–H and O–H groups in total. The van der Waals surface area contributed by atoms with Crippen molar-refractivity contribution < 1.29 is 9.18 Å². The van der Waals surface area contributed by atoms with Gasteiger partial charge in [0.25, 0.3) is 0 Å². The Morgan fingerprint density at radius 2 is 1.83 bits per heavy atom. The fourth-order valence-corrected chi connectivity index (χ4v) is 3.43. The molecule has 1 aliphatic carbocycles. The molecule has 0 aliphatic heterocycles. The van der Waals surface area contributed by atoms with Crippen molar-refractivity contribution in [2.24, 2.45) is 11.7 Å². The van der Waals surface area contributed by atoms with E-state index in [-0.39, 0.29) is 29.5 Å². The van der Waals surface area contributed by atoms with Gasteiger partial charge in [0.05, 0.1) is 6.04 Å². The van der Waals surface area contributed by atoms with Gasteiger partial charge >= 0.3 is 0 Å². The van der Waals surface area contributed by atoms with E-state index in [9.17, 15) is 9.18 Å². The third-order valence-corrected chi connectivity index (χ3v) is 4.68. The molecule has 5 heteroatoms. The minimum absolute atomic E-state index is 0. The molecule has 130 valence electrons. The molecule has 0 aromatic heterocycles. The lowest BCUT2D eigenvalue weighted by Crippen LogP contribution is -2.46. The molecule has 2 rings (SSSR count). The average Bonchev–Trinajstić information content (AvgIpc) is 2.94. The Kier molecular flexibility index (Phi) is 7.49. The number of nitrogens with two attached hydrogens (primary N) is 1. The number of halogens is 2. The van der Waals surface area contributed by atoms with Crippen molar-refractivity contribution in [2.45, 2.75) is 57.4 Å². The van der Waals surface area contributed by atoms with E-state index in [2.05, 4.69) is 19.2 Å². The maximum atomic E-state index is 13.2. The molecule has 0 radical (unpaired) electrons. The number of carbonyl (C=O) groups excluding carboxylic acids is 1. The summed E-state index contributed by atoms with van der Waals surface area (Å²) in [6.45, 7) is 4.71. The van der Waals surface area contributed by atoms with Crippen molar-refractivity contribution in [3.05, 3.63) is 35.6 Å². The normalized spacial score (nSPS) is 17.6. The van der Waals surface area contributed by atoms with Gasteiger partial charge in [-0.25, -0.2) is 4.39 Å². The second-order valence-electron chi connectivity index (χ2n) is 6.95. The summed E-state index contributed by atoms with van der Waals surface area (Å²) in [6, 6.07) is 6.25. The highest BCUT2D eigenvalue weighted by Crippen LogP contribution is 2.40. The van der Waals surface area contributed by atoms with E-state index in [0.29, 0.717) is 18.9 Å². The molecule has 1 aromatic rings. The van der Waals surface area contributed by atoms with Gasteiger partial charge in [-0.15, -0.1) is 12.4 Å². The standard InChI is InChI=1S/C18H27FN2O.ClH/c1-13(2)11-16(20)17(22)21-12-18(9-3-4-10-18)14-5-7-15(19)8-6-14;/h5-8,13,16H,3-4,9-12,20H2,1-2H3,(H,21,22);1H/t16-;/m0./s1. The first-order chi connectivity index (χ1) is 10.4. The Morgan fingerprint density at radius 1 is 1.26 bits per heavy atom. The summed E-state index contributed by atoms with van der Waals surface area (Å²) in [5.41, 5.74) is 6.99. The van der Waals surface area contributed by atoms with Crippen LogP contribution >= 0.6 is 12.4 Å². The van der Waals surface area contributed by atoms with E-state index in [1.54, 1.807) is 0 Å². The van der Waals surface area contributed by atoms with E-state index < -0.39 is 6.04 Å². The summed E-state index contributed by atoms with van der Waals surface area (Å²) in [7, 11) is 0. The Bertz CT molecular complexity index is 498. The molecule has 1 aromatic carbocycles. The molecule has 1 fully saturated rings. The highest BCUT2D eigenvalue weighted by molar-refractivity contribution is 5.85. The number of hydrogen-bond acceptors (Lipinski definition) is 2. The van der Waals surface area contributed by atoms with Crippen LogP contribution in [0.25, 0.3) is 0 Å². The molecule has 1 atom stereocenters. The van der Waals surface area contributed by atoms with Gasteiger partial charge in [0.1, 0.15) is 5.82 Å². The first-order valence-corrected chi connectivity index (χ1v) is 8.22. The third kappa shape index (κ3) is 5.18. The Morgan fingerprint density at radius 3 is 2.35 bits per heavy atom. The number of carbonyl (C=O) groups is 1. The molecule has 3 nitrogen and oxygen atoms in total. The van der Waals surface area contributed by atoms with E-state index in [4.69, 9.17) is 5.73 Å². The SMILES string of the molecule is CC(C)C[C@H](N)C(=O)NCC1(c2ccc(F)cc2)CCCC1.Cl. The van der Waals surface area contributed by atoms with Gasteiger partial charge in [-0.05, 0) is 42.9 Å². The third-order valence-electron chi connectivity index (χ3n) is 4.68. The molecule has 23 heavy (non-hydrogen) atoms. The van der Waals surface area contributed by atoms with Crippen molar-refractivity contribution in [3.63, 3.8) is 0 Å². The minimum atomic E-state index is -0.452. The maximum Gasteiger partial charge on any atom is 0.236 e. The lowest BCUT2D eigenvalue weighted by atomic mass is 9.78. The van der Waals surface area contributed by atoms with Crippen LogP contribution in [0.3, 0.4) is 0 Å². The van der Waals surface area contributed by atoms with Gasteiger partial charge in [-0.3, -0.25) is 4.79 Å². The molecule has 1 amide bonds. The van der Waals surface area contributed by atoms with Gasteiger partial charge in [-0.1, -0.05) is 38.8 Å². The summed E-state index contributed by atoms with van der Waals surface area (Å²) in [5.74, 6) is 0.0975. The fraction of sp³-hybridized carbons (Fsp3) is 0.611. The molecule has 0 spiro atoms. The van der Waals surface area contributed by atoms with Gasteiger partial charge in [0.2, 0.25) is 5.91 Å². The minimum Gasteiger partial charge on any atom is -0.354 e. The van der Waals surface area contributed by atoms with Crippen LogP contribution in [-0.4, -0.2) is 18.5 Å². The highest BCUT2D eigenvalue weighted by atomic mass is 35.5. The lowest BCUT2D eigenvalue weighted by molar-refractivity contribution is -0.123. The predicted molar refractivity (Wildman–Crippen MR) is 94.2 cm³/mol. The first kappa shape index (κ1) is 19.9.